The molecule has 2 aromatic carbocycles. The van der Waals surface area contributed by atoms with Gasteiger partial charge in [-0.05, 0) is 76.7 Å². The van der Waals surface area contributed by atoms with Crippen molar-refractivity contribution >= 4 is 28.3 Å². The van der Waals surface area contributed by atoms with Gasteiger partial charge >= 0.3 is 7.12 Å². The minimum atomic E-state index is -3.59. The molecule has 0 aromatic heterocycles. The van der Waals surface area contributed by atoms with Crippen molar-refractivity contribution < 1.29 is 17.7 Å². The number of sulfonamides is 1. The minimum Gasteiger partial charge on any atom is -0.399 e. The lowest BCUT2D eigenvalue weighted by Gasteiger charge is -2.32. The Morgan fingerprint density at radius 1 is 0.966 bits per heavy atom. The Kier molecular flexibility index (Phi) is 4.84. The normalized spacial score (nSPS) is 20.6. The average Bonchev–Trinajstić information content (AvgIpc) is 2.88. The van der Waals surface area contributed by atoms with Gasteiger partial charge in [-0.15, -0.1) is 0 Å². The van der Waals surface area contributed by atoms with Crippen molar-refractivity contribution in [1.82, 2.24) is 0 Å². The molecule has 2 aliphatic heterocycles. The molecular weight excluding hydrogens is 385 g/mol. The second kappa shape index (κ2) is 6.86. The van der Waals surface area contributed by atoms with Crippen LogP contribution < -0.4 is 9.77 Å². The van der Waals surface area contributed by atoms with Gasteiger partial charge in [0.2, 0.25) is 0 Å². The Balaban J connectivity index is 1.67. The summed E-state index contributed by atoms with van der Waals surface area (Å²) in [5.74, 6) is 0. The summed E-state index contributed by atoms with van der Waals surface area (Å²) in [5, 5.41) is 0. The Morgan fingerprint density at radius 2 is 1.59 bits per heavy atom. The zero-order valence-corrected chi connectivity index (χ0v) is 18.5. The summed E-state index contributed by atoms with van der Waals surface area (Å²) < 4.78 is 40.4. The van der Waals surface area contributed by atoms with Gasteiger partial charge in [0.25, 0.3) is 10.0 Å². The Labute approximate surface area is 174 Å². The number of nitrogens with zero attached hydrogens (tertiary/aromatic N) is 1. The molecule has 2 heterocycles. The van der Waals surface area contributed by atoms with Crippen LogP contribution in [0.2, 0.25) is 0 Å². The third-order valence-electron chi connectivity index (χ3n) is 6.31. The van der Waals surface area contributed by atoms with Crippen molar-refractivity contribution in [3.05, 3.63) is 53.6 Å². The molecular formula is C22H28BNO4S. The molecule has 4 rings (SSSR count). The summed E-state index contributed by atoms with van der Waals surface area (Å²) in [7, 11) is -4.04. The first-order valence-electron chi connectivity index (χ1n) is 10.1. The second-order valence-corrected chi connectivity index (χ2v) is 10.8. The van der Waals surface area contributed by atoms with E-state index in [1.54, 1.807) is 12.1 Å². The van der Waals surface area contributed by atoms with E-state index in [4.69, 9.17) is 9.31 Å². The quantitative estimate of drug-likeness (QED) is 0.724. The summed E-state index contributed by atoms with van der Waals surface area (Å²) >= 11 is 0. The number of rotatable bonds is 3. The molecule has 2 aliphatic rings. The summed E-state index contributed by atoms with van der Waals surface area (Å²) in [6.45, 7) is 10.5. The monoisotopic (exact) mass is 413 g/mol. The van der Waals surface area contributed by atoms with Crippen molar-refractivity contribution in [2.24, 2.45) is 0 Å². The molecule has 29 heavy (non-hydrogen) atoms. The SMILES string of the molecule is Cc1ccc(S(=O)(=O)N2CCCc3cc(B4OC(C)(C)C(C)(C)O4)ccc32)cc1. The van der Waals surface area contributed by atoms with E-state index in [-0.39, 0.29) is 0 Å². The van der Waals surface area contributed by atoms with Crippen molar-refractivity contribution in [3.8, 4) is 0 Å². The van der Waals surface area contributed by atoms with Crippen LogP contribution in [0.5, 0.6) is 0 Å². The van der Waals surface area contributed by atoms with Crippen LogP contribution in [0.15, 0.2) is 47.4 Å². The number of anilines is 1. The zero-order chi connectivity index (χ0) is 21.0. The summed E-state index contributed by atoms with van der Waals surface area (Å²) in [6, 6.07) is 12.9. The molecule has 0 unspecified atom stereocenters. The van der Waals surface area contributed by atoms with Gasteiger partial charge in [0.1, 0.15) is 0 Å². The van der Waals surface area contributed by atoms with Gasteiger partial charge in [-0.3, -0.25) is 4.31 Å². The van der Waals surface area contributed by atoms with Crippen molar-refractivity contribution in [3.63, 3.8) is 0 Å². The fourth-order valence-corrected chi connectivity index (χ4v) is 5.34. The van der Waals surface area contributed by atoms with Gasteiger partial charge in [-0.25, -0.2) is 8.42 Å². The smallest absolute Gasteiger partial charge is 0.399 e. The Hall–Kier alpha value is -1.83. The summed E-state index contributed by atoms with van der Waals surface area (Å²) in [5.41, 5.74) is 2.91. The molecule has 2 aromatic rings. The molecule has 0 aliphatic carbocycles. The fraction of sp³-hybridized carbons (Fsp3) is 0.455. The number of fused-ring (bicyclic) bond motifs is 1. The minimum absolute atomic E-state index is 0.325. The van der Waals surface area contributed by atoms with Gasteiger partial charge in [0.05, 0.1) is 21.8 Å². The van der Waals surface area contributed by atoms with E-state index in [1.165, 1.54) is 4.31 Å². The first-order valence-corrected chi connectivity index (χ1v) is 11.5. The van der Waals surface area contributed by atoms with Crippen molar-refractivity contribution in [2.45, 2.75) is 63.6 Å². The van der Waals surface area contributed by atoms with Gasteiger partial charge < -0.3 is 9.31 Å². The third kappa shape index (κ3) is 3.49. The number of hydrogen-bond acceptors (Lipinski definition) is 4. The van der Waals surface area contributed by atoms with E-state index in [0.717, 1.165) is 35.1 Å². The molecule has 0 radical (unpaired) electrons. The Morgan fingerprint density at radius 3 is 2.21 bits per heavy atom. The van der Waals surface area contributed by atoms with Crippen LogP contribution in [-0.4, -0.2) is 33.3 Å². The van der Waals surface area contributed by atoms with E-state index in [9.17, 15) is 8.42 Å². The van der Waals surface area contributed by atoms with Crippen LogP contribution >= 0.6 is 0 Å². The molecule has 0 bridgehead atoms. The van der Waals surface area contributed by atoms with Gasteiger partial charge in [0, 0.05) is 6.54 Å². The molecule has 0 amide bonds. The maximum atomic E-state index is 13.2. The van der Waals surface area contributed by atoms with Crippen LogP contribution in [0.1, 0.15) is 45.2 Å². The number of hydrogen-bond donors (Lipinski definition) is 0. The topological polar surface area (TPSA) is 55.8 Å². The molecule has 154 valence electrons. The largest absolute Gasteiger partial charge is 0.494 e. The standard InChI is InChI=1S/C22H28BNO4S/c1-16-8-11-19(12-9-16)29(25,26)24-14-6-7-17-15-18(10-13-20(17)24)23-27-21(2,3)22(4,5)28-23/h8-13,15H,6-7,14H2,1-5H3. The maximum Gasteiger partial charge on any atom is 0.494 e. The van der Waals surface area contributed by atoms with Gasteiger partial charge in [0.15, 0.2) is 0 Å². The van der Waals surface area contributed by atoms with Crippen LogP contribution in [0, 0.1) is 6.92 Å². The highest BCUT2D eigenvalue weighted by molar-refractivity contribution is 7.92. The fourth-order valence-electron chi connectivity index (χ4n) is 3.80. The first kappa shape index (κ1) is 20.4. The highest BCUT2D eigenvalue weighted by Gasteiger charge is 2.51. The molecule has 0 N–H and O–H groups in total. The summed E-state index contributed by atoms with van der Waals surface area (Å²) in [4.78, 5) is 0.325. The molecule has 0 spiro atoms. The zero-order valence-electron chi connectivity index (χ0n) is 17.7. The predicted octanol–water partition coefficient (Wildman–Crippen LogP) is 3.44. The van der Waals surface area contributed by atoms with Crippen LogP contribution in [0.25, 0.3) is 0 Å². The van der Waals surface area contributed by atoms with Crippen molar-refractivity contribution in [1.29, 1.82) is 0 Å². The molecule has 0 saturated carbocycles. The van der Waals surface area contributed by atoms with Gasteiger partial charge in [-0.2, -0.15) is 0 Å². The molecule has 5 nitrogen and oxygen atoms in total. The molecule has 0 atom stereocenters. The number of benzene rings is 2. The first-order chi connectivity index (χ1) is 13.5. The highest BCUT2D eigenvalue weighted by atomic mass is 32.2. The van der Waals surface area contributed by atoms with E-state index in [0.29, 0.717) is 11.4 Å². The average molecular weight is 413 g/mol. The van der Waals surface area contributed by atoms with E-state index < -0.39 is 28.3 Å². The van der Waals surface area contributed by atoms with E-state index in [2.05, 4.69) is 0 Å². The van der Waals surface area contributed by atoms with Gasteiger partial charge in [-0.1, -0.05) is 29.8 Å². The lowest BCUT2D eigenvalue weighted by atomic mass is 9.77. The molecule has 7 heteroatoms. The second-order valence-electron chi connectivity index (χ2n) is 8.97. The summed E-state index contributed by atoms with van der Waals surface area (Å²) in [6.07, 6.45) is 1.62. The third-order valence-corrected chi connectivity index (χ3v) is 8.14. The van der Waals surface area contributed by atoms with Crippen LogP contribution in [0.4, 0.5) is 5.69 Å². The molecule has 1 fully saturated rings. The number of aryl methyl sites for hydroxylation is 2. The lowest BCUT2D eigenvalue weighted by Crippen LogP contribution is -2.41. The lowest BCUT2D eigenvalue weighted by molar-refractivity contribution is 0.00578. The van der Waals surface area contributed by atoms with E-state index >= 15 is 0 Å². The molecule has 1 saturated heterocycles. The Bertz CT molecular complexity index is 1020. The predicted molar refractivity (Wildman–Crippen MR) is 116 cm³/mol. The van der Waals surface area contributed by atoms with Crippen LogP contribution in [-0.2, 0) is 25.8 Å². The maximum absolute atomic E-state index is 13.2. The van der Waals surface area contributed by atoms with Crippen LogP contribution in [0.3, 0.4) is 0 Å². The van der Waals surface area contributed by atoms with E-state index in [1.807, 2.05) is 65.0 Å². The highest BCUT2D eigenvalue weighted by Crippen LogP contribution is 2.37. The van der Waals surface area contributed by atoms with Crippen molar-refractivity contribution in [2.75, 3.05) is 10.8 Å².